The zero-order chi connectivity index (χ0) is 13.9. The van der Waals surface area contributed by atoms with Gasteiger partial charge >= 0.3 is 0 Å². The number of aromatic nitrogens is 2. The van der Waals surface area contributed by atoms with Gasteiger partial charge in [0.05, 0.1) is 6.04 Å². The Morgan fingerprint density at radius 2 is 1.95 bits per heavy atom. The van der Waals surface area contributed by atoms with Crippen LogP contribution in [0.4, 0.5) is 0 Å². The summed E-state index contributed by atoms with van der Waals surface area (Å²) < 4.78 is 5.41. The lowest BCUT2D eigenvalue weighted by atomic mass is 10.2. The third-order valence-corrected chi connectivity index (χ3v) is 3.85. The summed E-state index contributed by atoms with van der Waals surface area (Å²) in [4.78, 5) is 6.85. The van der Waals surface area contributed by atoms with Gasteiger partial charge in [-0.2, -0.15) is 4.98 Å². The van der Waals surface area contributed by atoms with Crippen LogP contribution in [0.5, 0.6) is 0 Å². The maximum atomic E-state index is 5.88. The fourth-order valence-corrected chi connectivity index (χ4v) is 2.47. The van der Waals surface area contributed by atoms with E-state index < -0.39 is 0 Å². The van der Waals surface area contributed by atoms with Crippen LogP contribution in [0.1, 0.15) is 18.9 Å². The second kappa shape index (κ2) is 5.91. The van der Waals surface area contributed by atoms with E-state index in [4.69, 9.17) is 16.1 Å². The van der Waals surface area contributed by atoms with Gasteiger partial charge in [-0.3, -0.25) is 4.90 Å². The molecule has 6 heteroatoms. The first kappa shape index (κ1) is 13.5. The van der Waals surface area contributed by atoms with Gasteiger partial charge in [0.1, 0.15) is 0 Å². The van der Waals surface area contributed by atoms with Gasteiger partial charge in [0.25, 0.3) is 0 Å². The van der Waals surface area contributed by atoms with Crippen molar-refractivity contribution in [3.63, 3.8) is 0 Å². The van der Waals surface area contributed by atoms with Crippen LogP contribution in [0, 0.1) is 0 Å². The van der Waals surface area contributed by atoms with Crippen molar-refractivity contribution < 1.29 is 4.52 Å². The van der Waals surface area contributed by atoms with Crippen LogP contribution in [0.2, 0.25) is 5.02 Å². The summed E-state index contributed by atoms with van der Waals surface area (Å²) in [7, 11) is 0. The molecule has 0 bridgehead atoms. The van der Waals surface area contributed by atoms with E-state index in [2.05, 4.69) is 27.3 Å². The Labute approximate surface area is 122 Å². The fraction of sp³-hybridized carbons (Fsp3) is 0.429. The van der Waals surface area contributed by atoms with Gasteiger partial charge in [0.2, 0.25) is 11.7 Å². The number of rotatable bonds is 3. The highest BCUT2D eigenvalue weighted by molar-refractivity contribution is 6.30. The van der Waals surface area contributed by atoms with Crippen LogP contribution >= 0.6 is 11.6 Å². The van der Waals surface area contributed by atoms with Crippen molar-refractivity contribution in [3.05, 3.63) is 35.2 Å². The minimum Gasteiger partial charge on any atom is -0.337 e. The number of halogens is 1. The van der Waals surface area contributed by atoms with E-state index in [9.17, 15) is 0 Å². The summed E-state index contributed by atoms with van der Waals surface area (Å²) in [5.74, 6) is 1.27. The zero-order valence-corrected chi connectivity index (χ0v) is 12.1. The molecule has 5 nitrogen and oxygen atoms in total. The summed E-state index contributed by atoms with van der Waals surface area (Å²) in [6, 6.07) is 7.59. The van der Waals surface area contributed by atoms with Gasteiger partial charge in [-0.25, -0.2) is 0 Å². The molecule has 1 aliphatic rings. The summed E-state index contributed by atoms with van der Waals surface area (Å²) >= 11 is 5.88. The third-order valence-electron chi connectivity index (χ3n) is 3.60. The van der Waals surface area contributed by atoms with Gasteiger partial charge in [-0.15, -0.1) is 0 Å². The molecule has 2 heterocycles. The first-order chi connectivity index (χ1) is 9.74. The Balaban J connectivity index is 1.77. The molecule has 0 radical (unpaired) electrons. The summed E-state index contributed by atoms with van der Waals surface area (Å²) in [6.45, 7) is 6.11. The predicted molar refractivity (Wildman–Crippen MR) is 77.6 cm³/mol. The molecular weight excluding hydrogens is 276 g/mol. The zero-order valence-electron chi connectivity index (χ0n) is 11.3. The van der Waals surface area contributed by atoms with Crippen molar-refractivity contribution >= 4 is 11.6 Å². The first-order valence-corrected chi connectivity index (χ1v) is 7.16. The maximum Gasteiger partial charge on any atom is 0.244 e. The summed E-state index contributed by atoms with van der Waals surface area (Å²) in [5.41, 5.74) is 0.914. The standard InChI is InChI=1S/C14H17ClN4O/c1-10(19-8-6-16-7-9-19)14-17-13(18-20-14)11-2-4-12(15)5-3-11/h2-5,10,16H,6-9H2,1H3/t10-/m0/s1. The quantitative estimate of drug-likeness (QED) is 0.941. The van der Waals surface area contributed by atoms with E-state index in [1.54, 1.807) is 0 Å². The van der Waals surface area contributed by atoms with Crippen molar-refractivity contribution in [1.82, 2.24) is 20.4 Å². The highest BCUT2D eigenvalue weighted by Gasteiger charge is 2.23. The molecule has 3 rings (SSSR count). The molecule has 1 aromatic heterocycles. The molecular formula is C14H17ClN4O. The van der Waals surface area contributed by atoms with Crippen LogP contribution in [-0.2, 0) is 0 Å². The number of nitrogens with zero attached hydrogens (tertiary/aromatic N) is 3. The molecule has 0 amide bonds. The topological polar surface area (TPSA) is 54.2 Å². The highest BCUT2D eigenvalue weighted by atomic mass is 35.5. The molecule has 1 aliphatic heterocycles. The predicted octanol–water partition coefficient (Wildman–Crippen LogP) is 2.36. The molecule has 1 fully saturated rings. The largest absolute Gasteiger partial charge is 0.337 e. The lowest BCUT2D eigenvalue weighted by molar-refractivity contribution is 0.154. The van der Waals surface area contributed by atoms with Crippen molar-refractivity contribution in [1.29, 1.82) is 0 Å². The van der Waals surface area contributed by atoms with E-state index in [0.29, 0.717) is 16.7 Å². The average Bonchev–Trinajstić information content (AvgIpc) is 2.98. The molecule has 0 unspecified atom stereocenters. The molecule has 0 spiro atoms. The maximum absolute atomic E-state index is 5.88. The van der Waals surface area contributed by atoms with Gasteiger partial charge in [-0.05, 0) is 31.2 Å². The Kier molecular flexibility index (Phi) is 4.00. The highest BCUT2D eigenvalue weighted by Crippen LogP contribution is 2.23. The molecule has 2 aromatic rings. The summed E-state index contributed by atoms with van der Waals surface area (Å²) in [6.07, 6.45) is 0. The fourth-order valence-electron chi connectivity index (χ4n) is 2.35. The van der Waals surface area contributed by atoms with E-state index >= 15 is 0 Å². The summed E-state index contributed by atoms with van der Waals surface area (Å²) in [5, 5.41) is 8.10. The molecule has 1 aromatic carbocycles. The van der Waals surface area contributed by atoms with Crippen LogP contribution in [-0.4, -0.2) is 41.2 Å². The van der Waals surface area contributed by atoms with Crippen molar-refractivity contribution in [2.45, 2.75) is 13.0 Å². The second-order valence-corrected chi connectivity index (χ2v) is 5.36. The van der Waals surface area contributed by atoms with Crippen molar-refractivity contribution in [2.24, 2.45) is 0 Å². The molecule has 1 saturated heterocycles. The first-order valence-electron chi connectivity index (χ1n) is 6.78. The lowest BCUT2D eigenvalue weighted by Crippen LogP contribution is -2.44. The van der Waals surface area contributed by atoms with Gasteiger partial charge in [0, 0.05) is 36.8 Å². The Morgan fingerprint density at radius 3 is 2.65 bits per heavy atom. The van der Waals surface area contributed by atoms with Crippen LogP contribution < -0.4 is 5.32 Å². The minimum atomic E-state index is 0.144. The molecule has 0 aliphatic carbocycles. The van der Waals surface area contributed by atoms with Gasteiger partial charge < -0.3 is 9.84 Å². The van der Waals surface area contributed by atoms with Crippen molar-refractivity contribution in [2.75, 3.05) is 26.2 Å². The van der Waals surface area contributed by atoms with E-state index in [0.717, 1.165) is 31.7 Å². The Bertz CT molecular complexity index is 563. The normalized spacial score (nSPS) is 18.1. The van der Waals surface area contributed by atoms with E-state index in [-0.39, 0.29) is 6.04 Å². The lowest BCUT2D eigenvalue weighted by Gasteiger charge is -2.30. The van der Waals surface area contributed by atoms with Crippen LogP contribution in [0.3, 0.4) is 0 Å². The smallest absolute Gasteiger partial charge is 0.244 e. The van der Waals surface area contributed by atoms with Crippen LogP contribution in [0.15, 0.2) is 28.8 Å². The van der Waals surface area contributed by atoms with Crippen molar-refractivity contribution in [3.8, 4) is 11.4 Å². The molecule has 20 heavy (non-hydrogen) atoms. The Hall–Kier alpha value is -1.43. The monoisotopic (exact) mass is 292 g/mol. The van der Waals surface area contributed by atoms with Crippen LogP contribution in [0.25, 0.3) is 11.4 Å². The SMILES string of the molecule is C[C@@H](c1nc(-c2ccc(Cl)cc2)no1)N1CCNCC1. The molecule has 1 N–H and O–H groups in total. The van der Waals surface area contributed by atoms with E-state index in [1.807, 2.05) is 24.3 Å². The van der Waals surface area contributed by atoms with Gasteiger partial charge in [-0.1, -0.05) is 16.8 Å². The van der Waals surface area contributed by atoms with E-state index in [1.165, 1.54) is 0 Å². The molecule has 0 saturated carbocycles. The number of hydrogen-bond donors (Lipinski definition) is 1. The third kappa shape index (κ3) is 2.85. The van der Waals surface area contributed by atoms with Gasteiger partial charge in [0.15, 0.2) is 0 Å². The number of nitrogens with one attached hydrogen (secondary N) is 1. The Morgan fingerprint density at radius 1 is 1.25 bits per heavy atom. The molecule has 1 atom stereocenters. The molecule has 106 valence electrons. The number of hydrogen-bond acceptors (Lipinski definition) is 5. The average molecular weight is 293 g/mol. The number of piperazine rings is 1. The second-order valence-electron chi connectivity index (χ2n) is 4.93. The minimum absolute atomic E-state index is 0.144. The number of benzene rings is 1.